The lowest BCUT2D eigenvalue weighted by Gasteiger charge is -2.65. The summed E-state index contributed by atoms with van der Waals surface area (Å²) in [6.07, 6.45) is 9.56. The number of hydrogen-bond acceptors (Lipinski definition) is 3. The van der Waals surface area contributed by atoms with E-state index < -0.39 is 0 Å². The van der Waals surface area contributed by atoms with Crippen LogP contribution in [-0.2, 0) is 11.3 Å². The van der Waals surface area contributed by atoms with Crippen molar-refractivity contribution < 1.29 is 9.53 Å². The van der Waals surface area contributed by atoms with Crippen LogP contribution in [0.4, 0.5) is 0 Å². The Bertz CT molecular complexity index is 650. The Balaban J connectivity index is 1.31. The highest BCUT2D eigenvalue weighted by Crippen LogP contribution is 2.67. The SMILES string of the molecule is CCn1ccc(C(=O)NCCOC23CC4C[C@@](C)(C2)C[C@@](C)(C4)C3)n1. The van der Waals surface area contributed by atoms with E-state index in [-0.39, 0.29) is 11.5 Å². The molecule has 0 unspecified atom stereocenters. The highest BCUT2D eigenvalue weighted by atomic mass is 16.5. The molecule has 1 N–H and O–H groups in total. The number of ether oxygens (including phenoxy) is 1. The van der Waals surface area contributed by atoms with Gasteiger partial charge in [0.25, 0.3) is 5.91 Å². The highest BCUT2D eigenvalue weighted by molar-refractivity contribution is 5.92. The molecule has 0 radical (unpaired) electrons. The van der Waals surface area contributed by atoms with Gasteiger partial charge in [0.2, 0.25) is 0 Å². The minimum absolute atomic E-state index is 0.0530. The van der Waals surface area contributed by atoms with Crippen LogP contribution in [0.25, 0.3) is 0 Å². The Kier molecular flexibility index (Phi) is 3.98. The second kappa shape index (κ2) is 5.83. The Morgan fingerprint density at radius 3 is 2.60 bits per heavy atom. The smallest absolute Gasteiger partial charge is 0.271 e. The van der Waals surface area contributed by atoms with E-state index in [1.807, 2.05) is 13.1 Å². The van der Waals surface area contributed by atoms with Crippen molar-refractivity contribution in [1.29, 1.82) is 0 Å². The summed E-state index contributed by atoms with van der Waals surface area (Å²) in [4.78, 5) is 12.2. The summed E-state index contributed by atoms with van der Waals surface area (Å²) in [6, 6.07) is 1.76. The van der Waals surface area contributed by atoms with Gasteiger partial charge in [-0.15, -0.1) is 0 Å². The van der Waals surface area contributed by atoms with Crippen molar-refractivity contribution in [3.8, 4) is 0 Å². The van der Waals surface area contributed by atoms with Crippen molar-refractivity contribution >= 4 is 5.91 Å². The predicted molar refractivity (Wildman–Crippen MR) is 96.3 cm³/mol. The normalized spacial score (nSPS) is 38.9. The van der Waals surface area contributed by atoms with Crippen LogP contribution in [0.2, 0.25) is 0 Å². The molecule has 4 bridgehead atoms. The summed E-state index contributed by atoms with van der Waals surface area (Å²) in [5.74, 6) is 0.721. The van der Waals surface area contributed by atoms with Crippen molar-refractivity contribution in [3.05, 3.63) is 18.0 Å². The first-order chi connectivity index (χ1) is 11.8. The minimum Gasteiger partial charge on any atom is -0.373 e. The zero-order valence-corrected chi connectivity index (χ0v) is 15.8. The molecule has 5 heteroatoms. The van der Waals surface area contributed by atoms with Crippen molar-refractivity contribution in [3.63, 3.8) is 0 Å². The summed E-state index contributed by atoms with van der Waals surface area (Å²) in [5.41, 5.74) is 1.46. The molecule has 2 atom stereocenters. The van der Waals surface area contributed by atoms with Gasteiger partial charge in [0.1, 0.15) is 5.69 Å². The fourth-order valence-electron chi connectivity index (χ4n) is 6.69. The van der Waals surface area contributed by atoms with Crippen molar-refractivity contribution in [2.75, 3.05) is 13.2 Å². The molecule has 0 saturated heterocycles. The molecule has 1 aromatic rings. The number of aryl methyl sites for hydroxylation is 1. The molecule has 4 aliphatic rings. The van der Waals surface area contributed by atoms with Gasteiger partial charge in [0.15, 0.2) is 0 Å². The lowest BCUT2D eigenvalue weighted by Crippen LogP contribution is -2.59. The molecule has 4 fully saturated rings. The van der Waals surface area contributed by atoms with Gasteiger partial charge >= 0.3 is 0 Å². The molecule has 1 heterocycles. The van der Waals surface area contributed by atoms with Crippen molar-refractivity contribution in [1.82, 2.24) is 15.1 Å². The average Bonchev–Trinajstić information content (AvgIpc) is 2.97. The number of rotatable bonds is 6. The van der Waals surface area contributed by atoms with Crippen LogP contribution in [-0.4, -0.2) is 34.4 Å². The van der Waals surface area contributed by atoms with Gasteiger partial charge in [0.05, 0.1) is 12.2 Å². The summed E-state index contributed by atoms with van der Waals surface area (Å²) in [6.45, 7) is 8.85. The second-order valence-electron chi connectivity index (χ2n) is 9.47. The fourth-order valence-corrected chi connectivity index (χ4v) is 6.69. The number of amides is 1. The van der Waals surface area contributed by atoms with Gasteiger partial charge < -0.3 is 10.1 Å². The first-order valence-electron chi connectivity index (χ1n) is 9.78. The molecule has 0 spiro atoms. The van der Waals surface area contributed by atoms with Gasteiger partial charge in [-0.3, -0.25) is 9.48 Å². The minimum atomic E-state index is -0.111. The molecule has 5 rings (SSSR count). The Morgan fingerprint density at radius 1 is 1.28 bits per heavy atom. The van der Waals surface area contributed by atoms with Crippen LogP contribution in [0, 0.1) is 16.7 Å². The van der Waals surface area contributed by atoms with Gasteiger partial charge in [-0.25, -0.2) is 0 Å². The number of carbonyl (C=O) groups excluding carboxylic acids is 1. The Labute approximate surface area is 150 Å². The third-order valence-corrected chi connectivity index (χ3v) is 6.57. The first kappa shape index (κ1) is 17.1. The molecule has 25 heavy (non-hydrogen) atoms. The van der Waals surface area contributed by atoms with E-state index in [0.29, 0.717) is 29.7 Å². The molecule has 4 saturated carbocycles. The third-order valence-electron chi connectivity index (χ3n) is 6.57. The maximum absolute atomic E-state index is 12.2. The number of hydrogen-bond donors (Lipinski definition) is 1. The summed E-state index contributed by atoms with van der Waals surface area (Å²) < 4.78 is 8.21. The number of aromatic nitrogens is 2. The number of nitrogens with zero attached hydrogens (tertiary/aromatic N) is 2. The summed E-state index contributed by atoms with van der Waals surface area (Å²) in [5, 5.41) is 7.19. The molecule has 1 amide bonds. The summed E-state index contributed by atoms with van der Waals surface area (Å²) in [7, 11) is 0. The van der Waals surface area contributed by atoms with Crippen LogP contribution < -0.4 is 5.32 Å². The van der Waals surface area contributed by atoms with Crippen molar-refractivity contribution in [2.45, 2.75) is 71.4 Å². The van der Waals surface area contributed by atoms with Gasteiger partial charge in [0, 0.05) is 19.3 Å². The maximum Gasteiger partial charge on any atom is 0.271 e. The first-order valence-corrected chi connectivity index (χ1v) is 9.78. The van der Waals surface area contributed by atoms with Crippen LogP contribution >= 0.6 is 0 Å². The van der Waals surface area contributed by atoms with Crippen LogP contribution in [0.5, 0.6) is 0 Å². The molecule has 0 aromatic carbocycles. The van der Waals surface area contributed by atoms with E-state index in [1.54, 1.807) is 10.7 Å². The number of carbonyl (C=O) groups is 1. The Morgan fingerprint density at radius 2 is 2.00 bits per heavy atom. The molecule has 5 nitrogen and oxygen atoms in total. The molecular formula is C20H31N3O2. The fraction of sp³-hybridized carbons (Fsp3) is 0.800. The van der Waals surface area contributed by atoms with Crippen LogP contribution in [0.15, 0.2) is 12.3 Å². The lowest BCUT2D eigenvalue weighted by molar-refractivity contribution is -0.213. The quantitative estimate of drug-likeness (QED) is 0.804. The summed E-state index contributed by atoms with van der Waals surface area (Å²) >= 11 is 0. The van der Waals surface area contributed by atoms with E-state index in [4.69, 9.17) is 4.74 Å². The highest BCUT2D eigenvalue weighted by Gasteiger charge is 2.60. The van der Waals surface area contributed by atoms with E-state index in [0.717, 1.165) is 12.5 Å². The standard InChI is InChI=1S/C20H31N3O2/c1-4-23-7-5-16(22-23)17(24)21-6-8-25-20-11-15-9-18(2,13-20)12-19(3,10-15)14-20/h5,7,15H,4,6,8-14H2,1-3H3,(H,21,24)/t15?,18-,19-,20?/m1/s1. The van der Waals surface area contributed by atoms with E-state index >= 15 is 0 Å². The van der Waals surface area contributed by atoms with Crippen LogP contribution in [0.1, 0.15) is 69.8 Å². The zero-order valence-electron chi connectivity index (χ0n) is 15.8. The molecule has 1 aromatic heterocycles. The zero-order chi connectivity index (χ0) is 17.7. The largest absolute Gasteiger partial charge is 0.373 e. The topological polar surface area (TPSA) is 56.2 Å². The van der Waals surface area contributed by atoms with E-state index in [1.165, 1.54) is 38.5 Å². The van der Waals surface area contributed by atoms with Crippen LogP contribution in [0.3, 0.4) is 0 Å². The monoisotopic (exact) mass is 345 g/mol. The average molecular weight is 345 g/mol. The number of nitrogens with one attached hydrogen (secondary N) is 1. The van der Waals surface area contributed by atoms with Gasteiger partial charge in [-0.05, 0) is 68.3 Å². The molecule has 4 aliphatic carbocycles. The second-order valence-corrected chi connectivity index (χ2v) is 9.47. The molecule has 0 aliphatic heterocycles. The molecular weight excluding hydrogens is 314 g/mol. The molecule has 138 valence electrons. The maximum atomic E-state index is 12.2. The van der Waals surface area contributed by atoms with E-state index in [2.05, 4.69) is 24.3 Å². The van der Waals surface area contributed by atoms with Gasteiger partial charge in [-0.1, -0.05) is 13.8 Å². The third kappa shape index (κ3) is 3.23. The predicted octanol–water partition coefficient (Wildman–Crippen LogP) is 3.40. The van der Waals surface area contributed by atoms with Gasteiger partial charge in [-0.2, -0.15) is 5.10 Å². The lowest BCUT2D eigenvalue weighted by atomic mass is 9.43. The van der Waals surface area contributed by atoms with E-state index in [9.17, 15) is 4.79 Å². The van der Waals surface area contributed by atoms with Crippen molar-refractivity contribution in [2.24, 2.45) is 16.7 Å². The Hall–Kier alpha value is -1.36.